The van der Waals surface area contributed by atoms with Crippen LogP contribution in [0, 0.1) is 0 Å². The molecule has 0 unspecified atom stereocenters. The van der Waals surface area contributed by atoms with Gasteiger partial charge in [-0.05, 0) is 30.3 Å². The summed E-state index contributed by atoms with van der Waals surface area (Å²) < 4.78 is 30.7. The van der Waals surface area contributed by atoms with Crippen molar-refractivity contribution in [2.75, 3.05) is 48.7 Å². The first-order valence-corrected chi connectivity index (χ1v) is 11.5. The lowest BCUT2D eigenvalue weighted by Crippen LogP contribution is -2.41. The first-order valence-electron chi connectivity index (χ1n) is 9.25. The molecule has 2 aromatic rings. The number of sulfonamides is 1. The number of benzene rings is 2. The largest absolute Gasteiger partial charge is 0.378 e. The zero-order chi connectivity index (χ0) is 21.7. The van der Waals surface area contributed by atoms with Gasteiger partial charge in [0.1, 0.15) is 6.54 Å². The average molecular weight is 452 g/mol. The van der Waals surface area contributed by atoms with Crippen molar-refractivity contribution in [1.29, 1.82) is 0 Å². The van der Waals surface area contributed by atoms with Crippen molar-refractivity contribution < 1.29 is 22.7 Å². The molecular weight excluding hydrogens is 430 g/mol. The number of para-hydroxylation sites is 1. The highest BCUT2D eigenvalue weighted by Crippen LogP contribution is 2.23. The van der Waals surface area contributed by atoms with E-state index in [2.05, 4.69) is 5.32 Å². The van der Waals surface area contributed by atoms with Crippen molar-refractivity contribution in [1.82, 2.24) is 4.90 Å². The number of halogens is 1. The molecule has 1 aliphatic heterocycles. The minimum atomic E-state index is -3.74. The van der Waals surface area contributed by atoms with E-state index in [1.807, 2.05) is 0 Å². The van der Waals surface area contributed by atoms with Gasteiger partial charge in [0.15, 0.2) is 0 Å². The van der Waals surface area contributed by atoms with E-state index >= 15 is 0 Å². The molecule has 0 spiro atoms. The summed E-state index contributed by atoms with van der Waals surface area (Å²) in [5.74, 6) is -0.799. The minimum absolute atomic E-state index is 0.219. The molecule has 0 aromatic heterocycles. The van der Waals surface area contributed by atoms with E-state index in [-0.39, 0.29) is 11.6 Å². The summed E-state index contributed by atoms with van der Waals surface area (Å²) in [5, 5.41) is 3.01. The van der Waals surface area contributed by atoms with Gasteiger partial charge in [-0.2, -0.15) is 0 Å². The van der Waals surface area contributed by atoms with Crippen LogP contribution in [0.1, 0.15) is 10.4 Å². The Morgan fingerprint density at radius 2 is 1.83 bits per heavy atom. The monoisotopic (exact) mass is 451 g/mol. The van der Waals surface area contributed by atoms with Gasteiger partial charge < -0.3 is 15.0 Å². The third-order valence-corrected chi connectivity index (χ3v) is 5.89. The van der Waals surface area contributed by atoms with Gasteiger partial charge in [-0.15, -0.1) is 0 Å². The molecule has 2 amide bonds. The Morgan fingerprint density at radius 3 is 2.50 bits per heavy atom. The highest BCUT2D eigenvalue weighted by Gasteiger charge is 2.24. The van der Waals surface area contributed by atoms with Crippen LogP contribution in [-0.2, 0) is 19.6 Å². The van der Waals surface area contributed by atoms with E-state index in [1.165, 1.54) is 6.07 Å². The van der Waals surface area contributed by atoms with Gasteiger partial charge in [0.05, 0.1) is 36.4 Å². The number of carbonyl (C=O) groups excluding carboxylic acids is 2. The maximum absolute atomic E-state index is 12.8. The SMILES string of the molecule is CS(=O)(=O)N(CC(=O)Nc1ccccc1C(=O)N1CCOCC1)c1cccc(Cl)c1. The second-order valence-corrected chi connectivity index (χ2v) is 9.09. The van der Waals surface area contributed by atoms with Gasteiger partial charge in [0.25, 0.3) is 5.91 Å². The molecule has 0 bridgehead atoms. The fourth-order valence-corrected chi connectivity index (χ4v) is 4.10. The zero-order valence-electron chi connectivity index (χ0n) is 16.4. The third kappa shape index (κ3) is 5.50. The summed E-state index contributed by atoms with van der Waals surface area (Å²) in [4.78, 5) is 27.2. The Hall–Kier alpha value is -2.62. The summed E-state index contributed by atoms with van der Waals surface area (Å²) in [7, 11) is -3.74. The van der Waals surface area contributed by atoms with Crippen molar-refractivity contribution in [2.24, 2.45) is 0 Å². The molecular formula is C20H22ClN3O5S. The lowest BCUT2D eigenvalue weighted by atomic mass is 10.1. The predicted molar refractivity (Wildman–Crippen MR) is 115 cm³/mol. The highest BCUT2D eigenvalue weighted by molar-refractivity contribution is 7.92. The second-order valence-electron chi connectivity index (χ2n) is 6.75. The fourth-order valence-electron chi connectivity index (χ4n) is 3.07. The predicted octanol–water partition coefficient (Wildman–Crippen LogP) is 2.22. The van der Waals surface area contributed by atoms with Crippen LogP contribution in [0.3, 0.4) is 0 Å². The average Bonchev–Trinajstić information content (AvgIpc) is 2.72. The standard InChI is InChI=1S/C20H22ClN3O5S/c1-30(27,28)24(16-6-4-5-15(21)13-16)14-19(25)22-18-8-3-2-7-17(18)20(26)23-9-11-29-12-10-23/h2-8,13H,9-12,14H2,1H3,(H,22,25). The van der Waals surface area contributed by atoms with Gasteiger partial charge in [-0.3, -0.25) is 13.9 Å². The summed E-state index contributed by atoms with van der Waals surface area (Å²) in [6.45, 7) is 1.40. The van der Waals surface area contributed by atoms with E-state index in [0.717, 1.165) is 10.6 Å². The van der Waals surface area contributed by atoms with Crippen molar-refractivity contribution in [3.05, 3.63) is 59.1 Å². The topological polar surface area (TPSA) is 96.0 Å². The van der Waals surface area contributed by atoms with Crippen molar-refractivity contribution in [2.45, 2.75) is 0 Å². The molecule has 2 aromatic carbocycles. The summed E-state index contributed by atoms with van der Waals surface area (Å²) in [6.07, 6.45) is 1.01. The Kier molecular flexibility index (Phi) is 6.96. The van der Waals surface area contributed by atoms with E-state index in [1.54, 1.807) is 47.4 Å². The molecule has 1 heterocycles. The highest BCUT2D eigenvalue weighted by atomic mass is 35.5. The molecule has 1 N–H and O–H groups in total. The van der Waals surface area contributed by atoms with Crippen LogP contribution in [-0.4, -0.2) is 64.2 Å². The van der Waals surface area contributed by atoms with Crippen molar-refractivity contribution in [3.63, 3.8) is 0 Å². The molecule has 30 heavy (non-hydrogen) atoms. The van der Waals surface area contributed by atoms with Crippen LogP contribution in [0.15, 0.2) is 48.5 Å². The Bertz CT molecular complexity index is 1040. The van der Waals surface area contributed by atoms with Crippen molar-refractivity contribution >= 4 is 44.8 Å². The molecule has 3 rings (SSSR count). The van der Waals surface area contributed by atoms with Gasteiger partial charge >= 0.3 is 0 Å². The molecule has 0 radical (unpaired) electrons. The van der Waals surface area contributed by atoms with Crippen LogP contribution in [0.5, 0.6) is 0 Å². The van der Waals surface area contributed by atoms with Gasteiger partial charge in [-0.1, -0.05) is 29.8 Å². The third-order valence-electron chi connectivity index (χ3n) is 4.51. The number of anilines is 2. The van der Waals surface area contributed by atoms with Gasteiger partial charge in [0, 0.05) is 18.1 Å². The van der Waals surface area contributed by atoms with Crippen molar-refractivity contribution in [3.8, 4) is 0 Å². The number of rotatable bonds is 6. The second kappa shape index (κ2) is 9.46. The molecule has 0 saturated carbocycles. The molecule has 8 nitrogen and oxygen atoms in total. The number of morpholine rings is 1. The first kappa shape index (κ1) is 22.1. The number of hydrogen-bond donors (Lipinski definition) is 1. The summed E-state index contributed by atoms with van der Waals surface area (Å²) >= 11 is 5.96. The van der Waals surface area contributed by atoms with Gasteiger partial charge in [0.2, 0.25) is 15.9 Å². The summed E-state index contributed by atoms with van der Waals surface area (Å²) in [6, 6.07) is 12.9. The van der Waals surface area contributed by atoms with E-state index < -0.39 is 22.5 Å². The maximum atomic E-state index is 12.8. The quantitative estimate of drug-likeness (QED) is 0.726. The van der Waals surface area contributed by atoms with Crippen LogP contribution >= 0.6 is 11.6 Å². The molecule has 1 aliphatic rings. The van der Waals surface area contributed by atoms with Gasteiger partial charge in [-0.25, -0.2) is 8.42 Å². The smallest absolute Gasteiger partial charge is 0.256 e. The molecule has 160 valence electrons. The Morgan fingerprint density at radius 1 is 1.13 bits per heavy atom. The number of carbonyl (C=O) groups is 2. The van der Waals surface area contributed by atoms with E-state index in [0.29, 0.717) is 42.6 Å². The normalized spacial score (nSPS) is 14.3. The molecule has 10 heteroatoms. The number of hydrogen-bond acceptors (Lipinski definition) is 5. The number of amides is 2. The molecule has 0 aliphatic carbocycles. The summed E-state index contributed by atoms with van der Waals surface area (Å²) in [5.41, 5.74) is 0.928. The number of nitrogens with one attached hydrogen (secondary N) is 1. The lowest BCUT2D eigenvalue weighted by molar-refractivity contribution is -0.114. The van der Waals surface area contributed by atoms with Crippen LogP contribution in [0.2, 0.25) is 5.02 Å². The molecule has 1 saturated heterocycles. The minimum Gasteiger partial charge on any atom is -0.378 e. The fraction of sp³-hybridized carbons (Fsp3) is 0.300. The molecule has 0 atom stereocenters. The van der Waals surface area contributed by atoms with Crippen LogP contribution < -0.4 is 9.62 Å². The van der Waals surface area contributed by atoms with Crippen LogP contribution in [0.4, 0.5) is 11.4 Å². The number of ether oxygens (including phenoxy) is 1. The molecule has 1 fully saturated rings. The van der Waals surface area contributed by atoms with Crippen LogP contribution in [0.25, 0.3) is 0 Å². The van der Waals surface area contributed by atoms with E-state index in [4.69, 9.17) is 16.3 Å². The Labute approximate surface area is 180 Å². The lowest BCUT2D eigenvalue weighted by Gasteiger charge is -2.27. The number of nitrogens with zero attached hydrogens (tertiary/aromatic N) is 2. The van der Waals surface area contributed by atoms with E-state index in [9.17, 15) is 18.0 Å². The zero-order valence-corrected chi connectivity index (χ0v) is 17.9. The first-order chi connectivity index (χ1) is 14.3. The Balaban J connectivity index is 1.79. The maximum Gasteiger partial charge on any atom is 0.256 e.